The lowest BCUT2D eigenvalue weighted by molar-refractivity contribution is -0.126. The highest BCUT2D eigenvalue weighted by Crippen LogP contribution is 2.24. The Morgan fingerprint density at radius 3 is 2.52 bits per heavy atom. The number of carbonyl (C=O) groups is 1. The van der Waals surface area contributed by atoms with Crippen molar-refractivity contribution in [2.45, 2.75) is 57.9 Å². The third-order valence-electron chi connectivity index (χ3n) is 5.67. The van der Waals surface area contributed by atoms with Gasteiger partial charge in [-0.3, -0.25) is 14.7 Å². The van der Waals surface area contributed by atoms with Gasteiger partial charge in [-0.25, -0.2) is 4.68 Å². The molecule has 1 fully saturated rings. The van der Waals surface area contributed by atoms with Crippen LogP contribution in [0.1, 0.15) is 48.9 Å². The van der Waals surface area contributed by atoms with Crippen LogP contribution in [0.15, 0.2) is 29.1 Å². The molecule has 132 valence electrons. The van der Waals surface area contributed by atoms with Gasteiger partial charge in [-0.15, -0.1) is 0 Å². The Kier molecular flexibility index (Phi) is 4.24. The molecule has 0 bridgehead atoms. The SMILES string of the molecule is Cc1ccc(-n2[nH]c3c(c2=O)CCC(C(=O)NC2CCC2)CC3)cc1. The van der Waals surface area contributed by atoms with Crippen LogP contribution in [0.5, 0.6) is 0 Å². The van der Waals surface area contributed by atoms with Gasteiger partial charge in [0.2, 0.25) is 5.91 Å². The summed E-state index contributed by atoms with van der Waals surface area (Å²) in [5.41, 5.74) is 3.90. The highest BCUT2D eigenvalue weighted by atomic mass is 16.2. The second kappa shape index (κ2) is 6.54. The molecule has 0 radical (unpaired) electrons. The summed E-state index contributed by atoms with van der Waals surface area (Å²) in [4.78, 5) is 25.2. The largest absolute Gasteiger partial charge is 0.353 e. The van der Waals surface area contributed by atoms with Crippen molar-refractivity contribution in [3.05, 3.63) is 51.4 Å². The van der Waals surface area contributed by atoms with E-state index < -0.39 is 0 Å². The molecule has 0 spiro atoms. The third kappa shape index (κ3) is 3.15. The van der Waals surface area contributed by atoms with Gasteiger partial charge in [-0.2, -0.15) is 0 Å². The van der Waals surface area contributed by atoms with Crippen LogP contribution in [0.25, 0.3) is 5.69 Å². The Morgan fingerprint density at radius 1 is 1.12 bits per heavy atom. The zero-order valence-corrected chi connectivity index (χ0v) is 14.7. The number of H-pyrrole nitrogens is 1. The van der Waals surface area contributed by atoms with Crippen molar-refractivity contribution in [3.63, 3.8) is 0 Å². The normalized spacial score (nSPS) is 20.4. The first kappa shape index (κ1) is 16.2. The first-order valence-electron chi connectivity index (χ1n) is 9.32. The van der Waals surface area contributed by atoms with Crippen molar-refractivity contribution in [3.8, 4) is 5.69 Å². The minimum atomic E-state index is 0.0219. The molecule has 2 aromatic rings. The molecule has 1 unspecified atom stereocenters. The van der Waals surface area contributed by atoms with Gasteiger partial charge in [0.15, 0.2) is 0 Å². The number of amides is 1. The van der Waals surface area contributed by atoms with E-state index in [1.807, 2.05) is 31.2 Å². The second-order valence-corrected chi connectivity index (χ2v) is 7.46. The minimum absolute atomic E-state index is 0.0219. The van der Waals surface area contributed by atoms with E-state index in [0.717, 1.165) is 49.0 Å². The van der Waals surface area contributed by atoms with Crippen molar-refractivity contribution in [2.75, 3.05) is 0 Å². The molecule has 1 saturated carbocycles. The van der Waals surface area contributed by atoms with Crippen molar-refractivity contribution in [1.82, 2.24) is 15.1 Å². The summed E-state index contributed by atoms with van der Waals surface area (Å²) >= 11 is 0. The number of nitrogens with one attached hydrogen (secondary N) is 2. The Bertz CT molecular complexity index is 828. The molecule has 1 heterocycles. The summed E-state index contributed by atoms with van der Waals surface area (Å²) < 4.78 is 1.64. The molecule has 5 nitrogen and oxygen atoms in total. The molecular weight excluding hydrogens is 314 g/mol. The standard InChI is InChI=1S/C20H25N3O2/c1-13-5-9-16(10-6-13)23-20(25)17-11-7-14(8-12-18(17)22-23)19(24)21-15-3-2-4-15/h5-6,9-10,14-15,22H,2-4,7-8,11-12H2,1H3,(H,21,24). The first-order valence-corrected chi connectivity index (χ1v) is 9.32. The van der Waals surface area contributed by atoms with Crippen molar-refractivity contribution in [2.24, 2.45) is 5.92 Å². The monoisotopic (exact) mass is 339 g/mol. The second-order valence-electron chi connectivity index (χ2n) is 7.46. The van der Waals surface area contributed by atoms with Gasteiger partial charge >= 0.3 is 0 Å². The Labute approximate surface area is 147 Å². The molecule has 25 heavy (non-hydrogen) atoms. The molecule has 2 N–H and O–H groups in total. The maximum atomic E-state index is 12.8. The molecule has 0 saturated heterocycles. The predicted octanol–water partition coefficient (Wildman–Crippen LogP) is 2.64. The summed E-state index contributed by atoms with van der Waals surface area (Å²) in [5, 5.41) is 6.43. The number of fused-ring (bicyclic) bond motifs is 1. The fraction of sp³-hybridized carbons (Fsp3) is 0.500. The fourth-order valence-corrected chi connectivity index (χ4v) is 3.77. The molecule has 1 amide bonds. The smallest absolute Gasteiger partial charge is 0.274 e. The number of rotatable bonds is 3. The van der Waals surface area contributed by atoms with Crippen molar-refractivity contribution in [1.29, 1.82) is 0 Å². The molecule has 1 atom stereocenters. The predicted molar refractivity (Wildman–Crippen MR) is 97.0 cm³/mol. The maximum Gasteiger partial charge on any atom is 0.274 e. The van der Waals surface area contributed by atoms with Gasteiger partial charge < -0.3 is 5.32 Å². The van der Waals surface area contributed by atoms with E-state index in [4.69, 9.17) is 0 Å². The average molecular weight is 339 g/mol. The van der Waals surface area contributed by atoms with Crippen LogP contribution >= 0.6 is 0 Å². The fourth-order valence-electron chi connectivity index (χ4n) is 3.77. The quantitative estimate of drug-likeness (QED) is 0.844. The lowest BCUT2D eigenvalue weighted by Gasteiger charge is -2.28. The van der Waals surface area contributed by atoms with Crippen LogP contribution in [-0.4, -0.2) is 21.7 Å². The number of benzene rings is 1. The summed E-state index contributed by atoms with van der Waals surface area (Å²) in [7, 11) is 0. The van der Waals surface area contributed by atoms with Crippen molar-refractivity contribution < 1.29 is 4.79 Å². The van der Waals surface area contributed by atoms with Gasteiger partial charge in [-0.1, -0.05) is 17.7 Å². The van der Waals surface area contributed by atoms with E-state index in [1.54, 1.807) is 4.68 Å². The Balaban J connectivity index is 1.50. The van der Waals surface area contributed by atoms with Gasteiger partial charge in [0, 0.05) is 23.2 Å². The van der Waals surface area contributed by atoms with Gasteiger partial charge in [0.25, 0.3) is 5.56 Å². The number of aromatic nitrogens is 2. The van der Waals surface area contributed by atoms with E-state index >= 15 is 0 Å². The Hall–Kier alpha value is -2.30. The lowest BCUT2D eigenvalue weighted by Crippen LogP contribution is -2.42. The number of hydrogen-bond acceptors (Lipinski definition) is 2. The van der Waals surface area contributed by atoms with E-state index in [0.29, 0.717) is 12.5 Å². The topological polar surface area (TPSA) is 66.9 Å². The van der Waals surface area contributed by atoms with E-state index in [9.17, 15) is 9.59 Å². The highest BCUT2D eigenvalue weighted by molar-refractivity contribution is 5.79. The number of aromatic amines is 1. The zero-order valence-electron chi connectivity index (χ0n) is 14.7. The first-order chi connectivity index (χ1) is 12.1. The van der Waals surface area contributed by atoms with E-state index in [1.165, 1.54) is 12.0 Å². The Morgan fingerprint density at radius 2 is 1.84 bits per heavy atom. The maximum absolute atomic E-state index is 12.8. The summed E-state index contributed by atoms with van der Waals surface area (Å²) in [5.74, 6) is 0.197. The number of hydrogen-bond donors (Lipinski definition) is 2. The molecule has 0 aliphatic heterocycles. The third-order valence-corrected chi connectivity index (χ3v) is 5.67. The average Bonchev–Trinajstić information content (AvgIpc) is 2.75. The van der Waals surface area contributed by atoms with Crippen LogP contribution in [0.3, 0.4) is 0 Å². The number of carbonyl (C=O) groups excluding carboxylic acids is 1. The molecular formula is C20H25N3O2. The van der Waals surface area contributed by atoms with Gasteiger partial charge in [0.05, 0.1) is 5.69 Å². The van der Waals surface area contributed by atoms with Gasteiger partial charge in [0.1, 0.15) is 0 Å². The van der Waals surface area contributed by atoms with Crippen LogP contribution in [0.2, 0.25) is 0 Å². The van der Waals surface area contributed by atoms with E-state index in [2.05, 4.69) is 10.4 Å². The molecule has 1 aromatic carbocycles. The van der Waals surface area contributed by atoms with E-state index in [-0.39, 0.29) is 17.4 Å². The molecule has 2 aliphatic rings. The minimum Gasteiger partial charge on any atom is -0.353 e. The molecule has 1 aromatic heterocycles. The van der Waals surface area contributed by atoms with Crippen LogP contribution in [-0.2, 0) is 17.6 Å². The van der Waals surface area contributed by atoms with Crippen LogP contribution in [0, 0.1) is 12.8 Å². The summed E-state index contributed by atoms with van der Waals surface area (Å²) in [6.45, 7) is 2.03. The zero-order chi connectivity index (χ0) is 17.4. The molecule has 2 aliphatic carbocycles. The number of nitrogens with zero attached hydrogens (tertiary/aromatic N) is 1. The molecule has 4 rings (SSSR count). The number of aryl methyl sites for hydroxylation is 2. The van der Waals surface area contributed by atoms with Crippen molar-refractivity contribution >= 4 is 5.91 Å². The van der Waals surface area contributed by atoms with Gasteiger partial charge in [-0.05, 0) is 64.0 Å². The lowest BCUT2D eigenvalue weighted by atomic mass is 9.91. The van der Waals surface area contributed by atoms with Crippen LogP contribution in [0.4, 0.5) is 0 Å². The highest BCUT2D eigenvalue weighted by Gasteiger charge is 2.28. The summed E-state index contributed by atoms with van der Waals surface area (Å²) in [6.07, 6.45) is 6.43. The van der Waals surface area contributed by atoms with Crippen LogP contribution < -0.4 is 10.9 Å². The summed E-state index contributed by atoms with van der Waals surface area (Å²) in [6, 6.07) is 8.32. The molecule has 5 heteroatoms.